The van der Waals surface area contributed by atoms with Crippen molar-refractivity contribution in [1.29, 1.82) is 0 Å². The van der Waals surface area contributed by atoms with Crippen molar-refractivity contribution in [2.75, 3.05) is 7.05 Å². The van der Waals surface area contributed by atoms with E-state index in [0.717, 1.165) is 29.7 Å². The summed E-state index contributed by atoms with van der Waals surface area (Å²) in [6, 6.07) is 14.1. The molecule has 5 nitrogen and oxygen atoms in total. The molecule has 2 N–H and O–H groups in total. The van der Waals surface area contributed by atoms with Crippen molar-refractivity contribution in [3.8, 4) is 11.3 Å². The van der Waals surface area contributed by atoms with Crippen LogP contribution in [0.1, 0.15) is 45.6 Å². The van der Waals surface area contributed by atoms with Gasteiger partial charge in [-0.2, -0.15) is 0 Å². The van der Waals surface area contributed by atoms with E-state index in [9.17, 15) is 9.90 Å². The van der Waals surface area contributed by atoms with Crippen LogP contribution in [0.3, 0.4) is 0 Å². The van der Waals surface area contributed by atoms with E-state index in [1.165, 1.54) is 11.1 Å². The minimum absolute atomic E-state index is 0.0694. The summed E-state index contributed by atoms with van der Waals surface area (Å²) in [4.78, 5) is 16.2. The molecule has 136 valence electrons. The van der Waals surface area contributed by atoms with E-state index in [0.29, 0.717) is 5.56 Å². The maximum atomic E-state index is 11.9. The Balaban J connectivity index is 1.54. The van der Waals surface area contributed by atoms with Gasteiger partial charge in [0, 0.05) is 24.1 Å². The number of hydrogen-bond donors (Lipinski definition) is 2. The third-order valence-corrected chi connectivity index (χ3v) is 6.03. The van der Waals surface area contributed by atoms with E-state index >= 15 is 0 Å². The first-order valence-electron chi connectivity index (χ1n) is 9.33. The molecule has 0 saturated carbocycles. The number of carbonyl (C=O) groups is 1. The molecular weight excluding hydrogens is 338 g/mol. The Bertz CT molecular complexity index is 1040. The molecule has 0 unspecified atom stereocenters. The van der Waals surface area contributed by atoms with Crippen molar-refractivity contribution < 1.29 is 9.90 Å². The van der Waals surface area contributed by atoms with Gasteiger partial charge in [0.1, 0.15) is 0 Å². The number of amides is 1. The molecule has 2 heterocycles. The van der Waals surface area contributed by atoms with Crippen LogP contribution in [0.5, 0.6) is 0 Å². The van der Waals surface area contributed by atoms with Crippen molar-refractivity contribution in [2.45, 2.75) is 25.0 Å². The van der Waals surface area contributed by atoms with Crippen LogP contribution in [0.25, 0.3) is 11.3 Å². The summed E-state index contributed by atoms with van der Waals surface area (Å²) in [5.74, 6) is -0.0258. The number of aliphatic hydroxyl groups excluding tert-OH is 1. The Morgan fingerprint density at radius 2 is 2.07 bits per heavy atom. The Labute approximate surface area is 157 Å². The topological polar surface area (TPSA) is 67.2 Å². The second-order valence-electron chi connectivity index (χ2n) is 7.36. The Morgan fingerprint density at radius 3 is 2.93 bits per heavy atom. The molecule has 0 fully saturated rings. The fraction of sp³-hybridized carbons (Fsp3) is 0.273. The summed E-state index contributed by atoms with van der Waals surface area (Å²) in [6.07, 6.45) is 4.92. The number of carbonyl (C=O) groups excluding carboxylic acids is 1. The van der Waals surface area contributed by atoms with Gasteiger partial charge in [-0.25, -0.2) is 4.98 Å². The van der Waals surface area contributed by atoms with Gasteiger partial charge in [0.2, 0.25) is 0 Å². The fourth-order valence-corrected chi connectivity index (χ4v) is 4.75. The van der Waals surface area contributed by atoms with Gasteiger partial charge in [0.15, 0.2) is 0 Å². The minimum atomic E-state index is -0.570. The molecule has 27 heavy (non-hydrogen) atoms. The zero-order chi connectivity index (χ0) is 18.5. The predicted molar refractivity (Wildman–Crippen MR) is 102 cm³/mol. The van der Waals surface area contributed by atoms with Crippen LogP contribution < -0.4 is 5.32 Å². The van der Waals surface area contributed by atoms with E-state index in [-0.39, 0.29) is 17.9 Å². The first-order valence-corrected chi connectivity index (χ1v) is 9.33. The van der Waals surface area contributed by atoms with E-state index in [4.69, 9.17) is 0 Å². The van der Waals surface area contributed by atoms with Gasteiger partial charge < -0.3 is 15.0 Å². The number of aromatic nitrogens is 2. The van der Waals surface area contributed by atoms with E-state index in [1.807, 2.05) is 30.7 Å². The molecule has 2 aliphatic rings. The summed E-state index contributed by atoms with van der Waals surface area (Å²) in [5, 5.41) is 13.9. The molecule has 2 aromatic carbocycles. The van der Waals surface area contributed by atoms with Crippen LogP contribution in [-0.2, 0) is 6.42 Å². The number of aliphatic hydroxyl groups is 1. The quantitative estimate of drug-likeness (QED) is 0.739. The molecule has 1 aliphatic carbocycles. The zero-order valence-corrected chi connectivity index (χ0v) is 15.1. The largest absolute Gasteiger partial charge is 0.388 e. The maximum absolute atomic E-state index is 11.9. The lowest BCUT2D eigenvalue weighted by atomic mass is 9.75. The Hall–Kier alpha value is -2.92. The SMILES string of the molecule is CNC(=O)c1ccc2c(c1)CC[C@H]([C@@H]1c3ccccc3-c3cncn31)[C@@H]2O. The zero-order valence-electron chi connectivity index (χ0n) is 15.1. The third kappa shape index (κ3) is 2.35. The molecular formula is C22H21N3O2. The van der Waals surface area contributed by atoms with Crippen LogP contribution in [0.4, 0.5) is 0 Å². The first-order chi connectivity index (χ1) is 13.2. The van der Waals surface area contributed by atoms with Gasteiger partial charge in [-0.05, 0) is 41.7 Å². The highest BCUT2D eigenvalue weighted by Gasteiger charge is 2.40. The van der Waals surface area contributed by atoms with Gasteiger partial charge >= 0.3 is 0 Å². The van der Waals surface area contributed by atoms with E-state index < -0.39 is 6.10 Å². The smallest absolute Gasteiger partial charge is 0.251 e. The number of nitrogens with one attached hydrogen (secondary N) is 1. The minimum Gasteiger partial charge on any atom is -0.388 e. The maximum Gasteiger partial charge on any atom is 0.251 e. The number of rotatable bonds is 2. The second kappa shape index (κ2) is 6.06. The fourth-order valence-electron chi connectivity index (χ4n) is 4.75. The number of benzene rings is 2. The lowest BCUT2D eigenvalue weighted by Gasteiger charge is -2.35. The molecule has 1 aromatic heterocycles. The molecule has 0 saturated heterocycles. The van der Waals surface area contributed by atoms with E-state index in [1.54, 1.807) is 13.1 Å². The van der Waals surface area contributed by atoms with Gasteiger partial charge in [0.05, 0.1) is 30.4 Å². The number of nitrogens with zero attached hydrogens (tertiary/aromatic N) is 2. The third-order valence-electron chi connectivity index (χ3n) is 6.03. The van der Waals surface area contributed by atoms with Crippen molar-refractivity contribution >= 4 is 5.91 Å². The Morgan fingerprint density at radius 1 is 1.22 bits per heavy atom. The van der Waals surface area contributed by atoms with E-state index in [2.05, 4.69) is 33.1 Å². The van der Waals surface area contributed by atoms with Gasteiger partial charge in [0.25, 0.3) is 5.91 Å². The molecule has 0 radical (unpaired) electrons. The summed E-state index contributed by atoms with van der Waals surface area (Å²) in [6.45, 7) is 0. The van der Waals surface area contributed by atoms with Gasteiger partial charge in [-0.15, -0.1) is 0 Å². The van der Waals surface area contributed by atoms with Crippen LogP contribution in [-0.4, -0.2) is 27.6 Å². The number of hydrogen-bond acceptors (Lipinski definition) is 3. The number of aryl methyl sites for hydroxylation is 1. The van der Waals surface area contributed by atoms with Gasteiger partial charge in [-0.1, -0.05) is 30.3 Å². The average molecular weight is 359 g/mol. The summed E-state index contributed by atoms with van der Waals surface area (Å²) in [7, 11) is 1.63. The van der Waals surface area contributed by atoms with Crippen molar-refractivity contribution in [1.82, 2.24) is 14.9 Å². The lowest BCUT2D eigenvalue weighted by molar-refractivity contribution is 0.0719. The van der Waals surface area contributed by atoms with Crippen molar-refractivity contribution in [2.24, 2.45) is 5.92 Å². The second-order valence-corrected chi connectivity index (χ2v) is 7.36. The average Bonchev–Trinajstić information content (AvgIpc) is 3.29. The van der Waals surface area contributed by atoms with Crippen LogP contribution in [0, 0.1) is 5.92 Å². The molecule has 5 rings (SSSR count). The first kappa shape index (κ1) is 16.3. The summed E-state index contributed by atoms with van der Waals surface area (Å²) in [5.41, 5.74) is 6.22. The predicted octanol–water partition coefficient (Wildman–Crippen LogP) is 3.11. The number of imidazole rings is 1. The summed E-state index contributed by atoms with van der Waals surface area (Å²) >= 11 is 0. The molecule has 5 heteroatoms. The molecule has 3 aromatic rings. The molecule has 0 bridgehead atoms. The molecule has 1 amide bonds. The lowest BCUT2D eigenvalue weighted by Crippen LogP contribution is -2.29. The van der Waals surface area contributed by atoms with Crippen LogP contribution in [0.15, 0.2) is 55.0 Å². The monoisotopic (exact) mass is 359 g/mol. The highest BCUT2D eigenvalue weighted by atomic mass is 16.3. The molecule has 0 spiro atoms. The highest BCUT2D eigenvalue weighted by molar-refractivity contribution is 5.94. The highest BCUT2D eigenvalue weighted by Crippen LogP contribution is 2.49. The number of fused-ring (bicyclic) bond motifs is 4. The summed E-state index contributed by atoms with van der Waals surface area (Å²) < 4.78 is 2.20. The van der Waals surface area contributed by atoms with Crippen LogP contribution >= 0.6 is 0 Å². The van der Waals surface area contributed by atoms with Crippen molar-refractivity contribution in [3.63, 3.8) is 0 Å². The normalized spacial score (nSPS) is 22.7. The molecule has 3 atom stereocenters. The standard InChI is InChI=1S/C22H21N3O2/c1-23-22(27)14-7-8-15-13(10-14)6-9-18(21(15)26)20-17-5-3-2-4-16(17)19-11-24-12-25(19)20/h2-5,7-8,10-12,18,20-21,26H,6,9H2,1H3,(H,23,27)/t18-,20+,21-/m1/s1. The Kier molecular flexibility index (Phi) is 3.65. The van der Waals surface area contributed by atoms with Gasteiger partial charge in [-0.3, -0.25) is 4.79 Å². The molecule has 1 aliphatic heterocycles. The van der Waals surface area contributed by atoms with Crippen LogP contribution in [0.2, 0.25) is 0 Å². The van der Waals surface area contributed by atoms with Crippen molar-refractivity contribution in [3.05, 3.63) is 77.2 Å².